The lowest BCUT2D eigenvalue weighted by molar-refractivity contribution is 1.45. The molecule has 48 valence electrons. The summed E-state index contributed by atoms with van der Waals surface area (Å²) in [5.74, 6) is 0. The van der Waals surface area contributed by atoms with Crippen molar-refractivity contribution in [3.8, 4) is 0 Å². The molecule has 0 saturated heterocycles. The molecule has 0 fully saturated rings. The van der Waals surface area contributed by atoms with E-state index in [1.807, 2.05) is 14.1 Å². The lowest BCUT2D eigenvalue weighted by atomic mass is 9.27. The second-order valence-corrected chi connectivity index (χ2v) is 1.93. The van der Waals surface area contributed by atoms with Crippen molar-refractivity contribution >= 4 is 22.0 Å². The first-order valence-electron chi connectivity index (χ1n) is 3.60. The first kappa shape index (κ1) is 9.67. The molecule has 0 aromatic heterocycles. The van der Waals surface area contributed by atoms with E-state index in [1.165, 1.54) is 0 Å². The summed E-state index contributed by atoms with van der Waals surface area (Å²) < 4.78 is 0. The van der Waals surface area contributed by atoms with E-state index in [4.69, 9.17) is 7.74 Å². The zero-order valence-electron chi connectivity index (χ0n) is 6.46. The molecule has 1 aliphatic carbocycles. The maximum atomic E-state index is 4.96. The number of hydrogen-bond donors (Lipinski definition) is 0. The zero-order chi connectivity index (χ0) is 7.66. The molecular formula is C7H11B3. The summed E-state index contributed by atoms with van der Waals surface area (Å²) in [7, 11) is 8.42. The molecule has 0 nitrogen and oxygen atoms in total. The summed E-state index contributed by atoms with van der Waals surface area (Å²) in [6, 6.07) is 0. The highest BCUT2D eigenvalue weighted by Crippen LogP contribution is 1.93. The predicted molar refractivity (Wildman–Crippen MR) is 50.6 cm³/mol. The van der Waals surface area contributed by atoms with Crippen LogP contribution in [-0.4, -0.2) is 22.0 Å². The normalized spacial score (nSPS) is 12.1. The standard InChI is InChI=1S/C5H6.C2H5B3/c1-2-4-5-3-1;1-2-4-5-3/h1-4H,5H2;2H2,1H3. The second kappa shape index (κ2) is 8.67. The first-order chi connectivity index (χ1) is 4.91. The maximum Gasteiger partial charge on any atom is 0.0541 e. The average molecular weight is 128 g/mol. The smallest absolute Gasteiger partial charge is 0.0541 e. The topological polar surface area (TPSA) is 0 Å². The van der Waals surface area contributed by atoms with Crippen LogP contribution in [0.1, 0.15) is 13.3 Å². The van der Waals surface area contributed by atoms with Crippen molar-refractivity contribution in [2.24, 2.45) is 0 Å². The molecule has 10 heavy (non-hydrogen) atoms. The fourth-order valence-corrected chi connectivity index (χ4v) is 0.529. The monoisotopic (exact) mass is 128 g/mol. The quantitative estimate of drug-likeness (QED) is 0.491. The van der Waals surface area contributed by atoms with Crippen LogP contribution in [0, 0.1) is 0 Å². The van der Waals surface area contributed by atoms with Gasteiger partial charge in [-0.1, -0.05) is 37.5 Å². The van der Waals surface area contributed by atoms with Gasteiger partial charge < -0.3 is 0 Å². The summed E-state index contributed by atoms with van der Waals surface area (Å²) in [4.78, 5) is 0. The molecule has 0 saturated carbocycles. The second-order valence-electron chi connectivity index (χ2n) is 1.93. The van der Waals surface area contributed by atoms with Crippen molar-refractivity contribution < 1.29 is 0 Å². The van der Waals surface area contributed by atoms with E-state index in [9.17, 15) is 0 Å². The molecule has 3 heteroatoms. The van der Waals surface area contributed by atoms with Crippen LogP contribution in [-0.2, 0) is 0 Å². The Labute approximate surface area is 66.6 Å². The molecule has 0 N–H and O–H groups in total. The van der Waals surface area contributed by atoms with Gasteiger partial charge in [0.05, 0.1) is 7.17 Å². The third kappa shape index (κ3) is 7.67. The van der Waals surface area contributed by atoms with E-state index in [1.54, 1.807) is 7.06 Å². The molecule has 0 unspecified atom stereocenters. The Hall–Kier alpha value is -0.325. The molecule has 0 aromatic rings. The van der Waals surface area contributed by atoms with Crippen molar-refractivity contribution in [3.05, 3.63) is 24.3 Å². The summed E-state index contributed by atoms with van der Waals surface area (Å²) in [6.07, 6.45) is 10.5. The van der Waals surface area contributed by atoms with Crippen LogP contribution in [0.5, 0.6) is 0 Å². The van der Waals surface area contributed by atoms with E-state index in [2.05, 4.69) is 24.3 Å². The van der Waals surface area contributed by atoms with Gasteiger partial charge in [0, 0.05) is 14.8 Å². The SMILES string of the molecule is C1=CCC=C1.[B][B][B]CC. The van der Waals surface area contributed by atoms with Crippen molar-refractivity contribution in [3.63, 3.8) is 0 Å². The van der Waals surface area contributed by atoms with Gasteiger partial charge in [0.25, 0.3) is 0 Å². The largest absolute Gasteiger partial charge is 0.0923 e. The molecule has 4 radical (unpaired) electrons. The third-order valence-corrected chi connectivity index (χ3v) is 1.03. The van der Waals surface area contributed by atoms with Gasteiger partial charge in [0.15, 0.2) is 0 Å². The molecule has 0 atom stereocenters. The van der Waals surface area contributed by atoms with Crippen molar-refractivity contribution in [2.45, 2.75) is 19.7 Å². The Balaban J connectivity index is 0.000000162. The van der Waals surface area contributed by atoms with Crippen LogP contribution >= 0.6 is 0 Å². The minimum absolute atomic E-state index is 1.04. The van der Waals surface area contributed by atoms with Gasteiger partial charge in [-0.05, 0) is 6.42 Å². The summed E-state index contributed by atoms with van der Waals surface area (Å²) >= 11 is 0. The molecule has 0 spiro atoms. The fraction of sp³-hybridized carbons (Fsp3) is 0.429. The van der Waals surface area contributed by atoms with E-state index in [0.717, 1.165) is 12.7 Å². The Bertz CT molecular complexity index is 95.4. The zero-order valence-corrected chi connectivity index (χ0v) is 6.46. The Kier molecular flexibility index (Phi) is 8.39. The highest BCUT2D eigenvalue weighted by Gasteiger charge is 1.73. The van der Waals surface area contributed by atoms with Crippen LogP contribution in [0.25, 0.3) is 0 Å². The van der Waals surface area contributed by atoms with Gasteiger partial charge in [0.2, 0.25) is 0 Å². The molecule has 0 bridgehead atoms. The first-order valence-corrected chi connectivity index (χ1v) is 3.60. The van der Waals surface area contributed by atoms with Gasteiger partial charge in [0.1, 0.15) is 0 Å². The van der Waals surface area contributed by atoms with Crippen LogP contribution in [0.4, 0.5) is 0 Å². The molecule has 0 heterocycles. The molecular weight excluding hydrogens is 117 g/mol. The van der Waals surface area contributed by atoms with Crippen molar-refractivity contribution in [1.29, 1.82) is 0 Å². The minimum atomic E-state index is 1.04. The molecule has 1 rings (SSSR count). The van der Waals surface area contributed by atoms with Gasteiger partial charge in [-0.3, -0.25) is 0 Å². The van der Waals surface area contributed by atoms with Gasteiger partial charge >= 0.3 is 0 Å². The van der Waals surface area contributed by atoms with E-state index < -0.39 is 0 Å². The average Bonchev–Trinajstić information content (AvgIpc) is 2.44. The number of allylic oxidation sites excluding steroid dienone is 4. The summed E-state index contributed by atoms with van der Waals surface area (Å²) in [6.45, 7) is 2.04. The predicted octanol–water partition coefficient (Wildman–Crippen LogP) is 1.33. The van der Waals surface area contributed by atoms with Crippen LogP contribution in [0.3, 0.4) is 0 Å². The number of rotatable bonds is 2. The van der Waals surface area contributed by atoms with Gasteiger partial charge in [-0.25, -0.2) is 0 Å². The molecule has 0 aliphatic heterocycles. The Morgan fingerprint density at radius 1 is 1.40 bits per heavy atom. The maximum absolute atomic E-state index is 4.96. The highest BCUT2D eigenvalue weighted by atomic mass is 13.8. The van der Waals surface area contributed by atoms with Crippen molar-refractivity contribution in [2.75, 3.05) is 0 Å². The minimum Gasteiger partial charge on any atom is -0.0923 e. The van der Waals surface area contributed by atoms with E-state index in [0.29, 0.717) is 0 Å². The van der Waals surface area contributed by atoms with Crippen molar-refractivity contribution in [1.82, 2.24) is 0 Å². The van der Waals surface area contributed by atoms with Gasteiger partial charge in [-0.2, -0.15) is 0 Å². The molecule has 0 aromatic carbocycles. The van der Waals surface area contributed by atoms with E-state index >= 15 is 0 Å². The van der Waals surface area contributed by atoms with Crippen LogP contribution in [0.2, 0.25) is 6.32 Å². The highest BCUT2D eigenvalue weighted by molar-refractivity contribution is 7.23. The van der Waals surface area contributed by atoms with E-state index in [-0.39, 0.29) is 0 Å². The summed E-state index contributed by atoms with van der Waals surface area (Å²) in [5.41, 5.74) is 0. The van der Waals surface area contributed by atoms with Crippen LogP contribution in [0.15, 0.2) is 24.3 Å². The fourth-order valence-electron chi connectivity index (χ4n) is 0.529. The molecule has 0 amide bonds. The molecule has 1 aliphatic rings. The Morgan fingerprint density at radius 2 is 2.00 bits per heavy atom. The lowest BCUT2D eigenvalue weighted by Gasteiger charge is -1.74. The third-order valence-electron chi connectivity index (χ3n) is 1.03. The van der Waals surface area contributed by atoms with Crippen LogP contribution < -0.4 is 0 Å². The lowest BCUT2D eigenvalue weighted by Crippen LogP contribution is -1.98. The Morgan fingerprint density at radius 3 is 2.10 bits per heavy atom. The number of hydrogen-bond acceptors (Lipinski definition) is 0. The van der Waals surface area contributed by atoms with Gasteiger partial charge in [-0.15, -0.1) is 0 Å². The summed E-state index contributed by atoms with van der Waals surface area (Å²) in [5, 5.41) is 0.